The summed E-state index contributed by atoms with van der Waals surface area (Å²) in [6, 6.07) is 4.61. The molecule has 1 unspecified atom stereocenters. The van der Waals surface area contributed by atoms with E-state index in [1.54, 1.807) is 6.07 Å². The van der Waals surface area contributed by atoms with E-state index in [0.29, 0.717) is 13.0 Å². The standard InChI is InChI=1S/C12H17ClFNO/c1-2-5-15-8-10(16)6-9-3-4-11(13)12(14)7-9/h3-4,7,10,15-16H,2,5-6,8H2,1H3. The zero-order valence-electron chi connectivity index (χ0n) is 9.34. The molecular formula is C12H17ClFNO. The Balaban J connectivity index is 2.43. The van der Waals surface area contributed by atoms with E-state index in [-0.39, 0.29) is 5.02 Å². The van der Waals surface area contributed by atoms with Crippen LogP contribution in [0.4, 0.5) is 4.39 Å². The summed E-state index contributed by atoms with van der Waals surface area (Å²) in [6.45, 7) is 3.47. The fraction of sp³-hybridized carbons (Fsp3) is 0.500. The number of hydrogen-bond acceptors (Lipinski definition) is 2. The molecule has 1 aromatic carbocycles. The van der Waals surface area contributed by atoms with Gasteiger partial charge in [0, 0.05) is 6.54 Å². The first-order chi connectivity index (χ1) is 7.63. The van der Waals surface area contributed by atoms with Gasteiger partial charge >= 0.3 is 0 Å². The zero-order chi connectivity index (χ0) is 12.0. The van der Waals surface area contributed by atoms with Gasteiger partial charge in [0.1, 0.15) is 5.82 Å². The van der Waals surface area contributed by atoms with Crippen LogP contribution in [0.25, 0.3) is 0 Å². The number of aliphatic hydroxyl groups excluding tert-OH is 1. The van der Waals surface area contributed by atoms with Crippen LogP contribution in [-0.4, -0.2) is 24.3 Å². The molecular weight excluding hydrogens is 229 g/mol. The number of halogens is 2. The smallest absolute Gasteiger partial charge is 0.142 e. The van der Waals surface area contributed by atoms with Gasteiger partial charge in [-0.15, -0.1) is 0 Å². The number of benzene rings is 1. The summed E-state index contributed by atoms with van der Waals surface area (Å²) in [4.78, 5) is 0. The first-order valence-corrected chi connectivity index (χ1v) is 5.84. The van der Waals surface area contributed by atoms with Crippen molar-refractivity contribution in [2.45, 2.75) is 25.9 Å². The van der Waals surface area contributed by atoms with Gasteiger partial charge in [0.15, 0.2) is 0 Å². The third-order valence-corrected chi connectivity index (χ3v) is 2.57. The largest absolute Gasteiger partial charge is 0.391 e. The number of hydrogen-bond donors (Lipinski definition) is 2. The molecule has 0 aliphatic rings. The molecule has 0 aliphatic heterocycles. The Kier molecular flexibility index (Phi) is 5.74. The van der Waals surface area contributed by atoms with Gasteiger partial charge in [-0.3, -0.25) is 0 Å². The summed E-state index contributed by atoms with van der Waals surface area (Å²) in [6.07, 6.45) is 0.972. The molecule has 2 nitrogen and oxygen atoms in total. The van der Waals surface area contributed by atoms with Gasteiger partial charge in [0.2, 0.25) is 0 Å². The quantitative estimate of drug-likeness (QED) is 0.755. The van der Waals surface area contributed by atoms with Gasteiger partial charge in [0.05, 0.1) is 11.1 Å². The van der Waals surface area contributed by atoms with Crippen LogP contribution in [0.2, 0.25) is 5.02 Å². The lowest BCUT2D eigenvalue weighted by molar-refractivity contribution is 0.172. The molecule has 0 heterocycles. The fourth-order valence-corrected chi connectivity index (χ4v) is 1.57. The van der Waals surface area contributed by atoms with Gasteiger partial charge in [-0.25, -0.2) is 4.39 Å². The van der Waals surface area contributed by atoms with Gasteiger partial charge in [0.25, 0.3) is 0 Å². The molecule has 1 rings (SSSR count). The SMILES string of the molecule is CCCNCC(O)Cc1ccc(Cl)c(F)c1. The van der Waals surface area contributed by atoms with Gasteiger partial charge < -0.3 is 10.4 Å². The Morgan fingerprint density at radius 1 is 1.50 bits per heavy atom. The number of aliphatic hydroxyl groups is 1. The van der Waals surface area contributed by atoms with Crippen LogP contribution < -0.4 is 5.32 Å². The maximum atomic E-state index is 13.1. The van der Waals surface area contributed by atoms with Crippen LogP contribution in [0, 0.1) is 5.82 Å². The second-order valence-electron chi connectivity index (χ2n) is 3.81. The molecule has 90 valence electrons. The second kappa shape index (κ2) is 6.84. The van der Waals surface area contributed by atoms with Crippen LogP contribution in [0.15, 0.2) is 18.2 Å². The molecule has 0 amide bonds. The Morgan fingerprint density at radius 2 is 2.25 bits per heavy atom. The third-order valence-electron chi connectivity index (χ3n) is 2.26. The highest BCUT2D eigenvalue weighted by atomic mass is 35.5. The lowest BCUT2D eigenvalue weighted by Gasteiger charge is -2.11. The molecule has 0 saturated heterocycles. The normalized spacial score (nSPS) is 12.8. The molecule has 1 atom stereocenters. The van der Waals surface area contributed by atoms with E-state index >= 15 is 0 Å². The van der Waals surface area contributed by atoms with Crippen molar-refractivity contribution in [3.8, 4) is 0 Å². The predicted molar refractivity (Wildman–Crippen MR) is 64.3 cm³/mol. The average Bonchev–Trinajstić information content (AvgIpc) is 2.24. The van der Waals surface area contributed by atoms with E-state index in [1.807, 2.05) is 0 Å². The van der Waals surface area contributed by atoms with Crippen molar-refractivity contribution < 1.29 is 9.50 Å². The Hall–Kier alpha value is -0.640. The fourth-order valence-electron chi connectivity index (χ4n) is 1.46. The van der Waals surface area contributed by atoms with Crippen molar-refractivity contribution in [2.75, 3.05) is 13.1 Å². The van der Waals surface area contributed by atoms with Crippen LogP contribution in [-0.2, 0) is 6.42 Å². The molecule has 0 bridgehead atoms. The van der Waals surface area contributed by atoms with E-state index in [4.69, 9.17) is 11.6 Å². The van der Waals surface area contributed by atoms with Gasteiger partial charge in [-0.1, -0.05) is 24.6 Å². The summed E-state index contributed by atoms with van der Waals surface area (Å²) < 4.78 is 13.1. The maximum Gasteiger partial charge on any atom is 0.142 e. The lowest BCUT2D eigenvalue weighted by Crippen LogP contribution is -2.28. The minimum Gasteiger partial charge on any atom is -0.391 e. The molecule has 0 saturated carbocycles. The molecule has 16 heavy (non-hydrogen) atoms. The number of rotatable bonds is 6. The first kappa shape index (κ1) is 13.4. The topological polar surface area (TPSA) is 32.3 Å². The molecule has 4 heteroatoms. The van der Waals surface area contributed by atoms with E-state index in [0.717, 1.165) is 18.5 Å². The molecule has 1 aromatic rings. The molecule has 0 aliphatic carbocycles. The first-order valence-electron chi connectivity index (χ1n) is 5.46. The van der Waals surface area contributed by atoms with Crippen molar-refractivity contribution in [3.05, 3.63) is 34.6 Å². The molecule has 2 N–H and O–H groups in total. The molecule has 0 fully saturated rings. The zero-order valence-corrected chi connectivity index (χ0v) is 10.1. The van der Waals surface area contributed by atoms with Crippen molar-refractivity contribution in [2.24, 2.45) is 0 Å². The van der Waals surface area contributed by atoms with E-state index in [1.165, 1.54) is 12.1 Å². The summed E-state index contributed by atoms with van der Waals surface area (Å²) in [7, 11) is 0. The van der Waals surface area contributed by atoms with Crippen molar-refractivity contribution in [1.82, 2.24) is 5.32 Å². The number of nitrogens with one attached hydrogen (secondary N) is 1. The Labute approximate surface area is 100 Å². The minimum absolute atomic E-state index is 0.113. The molecule has 0 radical (unpaired) electrons. The van der Waals surface area contributed by atoms with E-state index in [2.05, 4.69) is 12.2 Å². The average molecular weight is 246 g/mol. The van der Waals surface area contributed by atoms with Crippen LogP contribution in [0.3, 0.4) is 0 Å². The van der Waals surface area contributed by atoms with Crippen LogP contribution in [0.5, 0.6) is 0 Å². The van der Waals surface area contributed by atoms with Gasteiger partial charge in [-0.2, -0.15) is 0 Å². The second-order valence-corrected chi connectivity index (χ2v) is 4.22. The summed E-state index contributed by atoms with van der Waals surface area (Å²) in [5, 5.41) is 12.9. The van der Waals surface area contributed by atoms with Gasteiger partial charge in [-0.05, 0) is 37.1 Å². The highest BCUT2D eigenvalue weighted by molar-refractivity contribution is 6.30. The molecule has 0 aromatic heterocycles. The third kappa shape index (κ3) is 4.47. The van der Waals surface area contributed by atoms with Crippen LogP contribution >= 0.6 is 11.6 Å². The highest BCUT2D eigenvalue weighted by Gasteiger charge is 2.07. The Morgan fingerprint density at radius 3 is 2.88 bits per heavy atom. The van der Waals surface area contributed by atoms with E-state index in [9.17, 15) is 9.50 Å². The predicted octanol–water partition coefficient (Wildman–Crippen LogP) is 2.38. The summed E-state index contributed by atoms with van der Waals surface area (Å²) in [5.41, 5.74) is 0.757. The maximum absolute atomic E-state index is 13.1. The van der Waals surface area contributed by atoms with Crippen molar-refractivity contribution >= 4 is 11.6 Å². The Bertz CT molecular complexity index is 333. The van der Waals surface area contributed by atoms with Crippen molar-refractivity contribution in [1.29, 1.82) is 0 Å². The molecule has 0 spiro atoms. The minimum atomic E-state index is -0.493. The monoisotopic (exact) mass is 245 g/mol. The van der Waals surface area contributed by atoms with Crippen LogP contribution in [0.1, 0.15) is 18.9 Å². The summed E-state index contributed by atoms with van der Waals surface area (Å²) in [5.74, 6) is -0.437. The van der Waals surface area contributed by atoms with Crippen molar-refractivity contribution in [3.63, 3.8) is 0 Å². The lowest BCUT2D eigenvalue weighted by atomic mass is 10.1. The summed E-state index contributed by atoms with van der Waals surface area (Å²) >= 11 is 5.57. The highest BCUT2D eigenvalue weighted by Crippen LogP contribution is 2.16. The van der Waals surface area contributed by atoms with E-state index < -0.39 is 11.9 Å².